The third kappa shape index (κ3) is 6.28. The fourth-order valence-electron chi connectivity index (χ4n) is 2.24. The summed E-state index contributed by atoms with van der Waals surface area (Å²) in [5, 5.41) is 10.9. The van der Waals surface area contributed by atoms with Gasteiger partial charge in [-0.1, -0.05) is 0 Å². The van der Waals surface area contributed by atoms with E-state index in [-0.39, 0.29) is 5.56 Å². The van der Waals surface area contributed by atoms with E-state index in [0.29, 0.717) is 25.6 Å². The van der Waals surface area contributed by atoms with Gasteiger partial charge in [0, 0.05) is 30.6 Å². The molecule has 2 rings (SSSR count). The molecule has 0 unspecified atom stereocenters. The number of amides is 1. The van der Waals surface area contributed by atoms with Gasteiger partial charge in [0.1, 0.15) is 0 Å². The number of nitrogens with one attached hydrogen (secondary N) is 3. The zero-order valence-corrected chi connectivity index (χ0v) is 15.8. The van der Waals surface area contributed by atoms with Crippen molar-refractivity contribution >= 4 is 23.2 Å². The van der Waals surface area contributed by atoms with Crippen LogP contribution in [0.2, 0.25) is 0 Å². The van der Waals surface area contributed by atoms with Crippen LogP contribution < -0.4 is 16.0 Å². The third-order valence-corrected chi connectivity index (χ3v) is 4.81. The molecule has 0 fully saturated rings. The topological polar surface area (TPSA) is 65.5 Å². The molecule has 9 heteroatoms. The maximum Gasteiger partial charge on any atom is 0.416 e. The molecule has 0 bridgehead atoms. The summed E-state index contributed by atoms with van der Waals surface area (Å²) >= 11 is 1.66. The molecule has 0 atom stereocenters. The molecule has 0 spiro atoms. The molecule has 0 aliphatic carbocycles. The van der Waals surface area contributed by atoms with Crippen LogP contribution in [-0.4, -0.2) is 32.0 Å². The Balaban J connectivity index is 1.73. The second kappa shape index (κ2) is 9.40. The smallest absolute Gasteiger partial charge is 0.355 e. The van der Waals surface area contributed by atoms with Crippen LogP contribution in [0.15, 0.2) is 40.7 Å². The average Bonchev–Trinajstić information content (AvgIpc) is 3.05. The zero-order valence-electron chi connectivity index (χ0n) is 15.0. The first-order valence-electron chi connectivity index (χ1n) is 8.24. The maximum atomic E-state index is 12.5. The SMILES string of the molecule is CN=C(NCCNC(=O)c1ccc(C(F)(F)F)cc1)NCc1sccc1C. The number of guanidine groups is 1. The summed E-state index contributed by atoms with van der Waals surface area (Å²) in [4.78, 5) is 17.3. The molecular weight excluding hydrogens is 377 g/mol. The van der Waals surface area contributed by atoms with E-state index in [9.17, 15) is 18.0 Å². The van der Waals surface area contributed by atoms with Crippen LogP contribution >= 0.6 is 11.3 Å². The van der Waals surface area contributed by atoms with Crippen molar-refractivity contribution in [3.63, 3.8) is 0 Å². The number of aryl methyl sites for hydroxylation is 1. The van der Waals surface area contributed by atoms with Gasteiger partial charge in [-0.3, -0.25) is 9.79 Å². The predicted molar refractivity (Wildman–Crippen MR) is 101 cm³/mol. The van der Waals surface area contributed by atoms with Crippen LogP contribution in [0.3, 0.4) is 0 Å². The van der Waals surface area contributed by atoms with E-state index < -0.39 is 17.6 Å². The maximum absolute atomic E-state index is 12.5. The molecule has 3 N–H and O–H groups in total. The Kier molecular flexibility index (Phi) is 7.23. The van der Waals surface area contributed by atoms with Crippen LogP contribution in [0, 0.1) is 6.92 Å². The molecule has 2 aromatic rings. The number of carbonyl (C=O) groups is 1. The highest BCUT2D eigenvalue weighted by molar-refractivity contribution is 7.10. The number of hydrogen-bond donors (Lipinski definition) is 3. The molecule has 0 saturated carbocycles. The van der Waals surface area contributed by atoms with Gasteiger partial charge in [0.15, 0.2) is 5.96 Å². The van der Waals surface area contributed by atoms with Crippen LogP contribution in [0.25, 0.3) is 0 Å². The van der Waals surface area contributed by atoms with Crippen LogP contribution in [-0.2, 0) is 12.7 Å². The summed E-state index contributed by atoms with van der Waals surface area (Å²) in [6.45, 7) is 3.43. The Bertz CT molecular complexity index is 785. The first kappa shape index (κ1) is 20.8. The molecule has 0 saturated heterocycles. The molecule has 146 valence electrons. The largest absolute Gasteiger partial charge is 0.416 e. The van der Waals surface area contributed by atoms with Gasteiger partial charge in [-0.15, -0.1) is 11.3 Å². The van der Waals surface area contributed by atoms with E-state index in [1.54, 1.807) is 18.4 Å². The summed E-state index contributed by atoms with van der Waals surface area (Å²) in [5.41, 5.74) is 0.613. The first-order valence-corrected chi connectivity index (χ1v) is 9.12. The number of hydrogen-bond acceptors (Lipinski definition) is 3. The van der Waals surface area contributed by atoms with Crippen molar-refractivity contribution in [2.45, 2.75) is 19.6 Å². The monoisotopic (exact) mass is 398 g/mol. The minimum atomic E-state index is -4.41. The summed E-state index contributed by atoms with van der Waals surface area (Å²) in [7, 11) is 1.65. The first-order chi connectivity index (χ1) is 12.8. The van der Waals surface area contributed by atoms with Crippen molar-refractivity contribution in [2.75, 3.05) is 20.1 Å². The number of nitrogens with zero attached hydrogens (tertiary/aromatic N) is 1. The normalized spacial score (nSPS) is 12.0. The molecule has 1 aromatic heterocycles. The molecule has 27 heavy (non-hydrogen) atoms. The van der Waals surface area contributed by atoms with E-state index in [4.69, 9.17) is 0 Å². The van der Waals surface area contributed by atoms with Crippen molar-refractivity contribution in [1.82, 2.24) is 16.0 Å². The van der Waals surface area contributed by atoms with Gasteiger partial charge in [0.25, 0.3) is 5.91 Å². The summed E-state index contributed by atoms with van der Waals surface area (Å²) in [5.74, 6) is 0.175. The Morgan fingerprint density at radius 3 is 2.30 bits per heavy atom. The van der Waals surface area contributed by atoms with Gasteiger partial charge < -0.3 is 16.0 Å². The fourth-order valence-corrected chi connectivity index (χ4v) is 3.09. The highest BCUT2D eigenvalue weighted by Crippen LogP contribution is 2.29. The molecule has 0 radical (unpaired) electrons. The predicted octanol–water partition coefficient (Wildman–Crippen LogP) is 3.17. The van der Waals surface area contributed by atoms with Gasteiger partial charge in [-0.05, 0) is 48.2 Å². The molecule has 1 amide bonds. The van der Waals surface area contributed by atoms with Crippen molar-refractivity contribution in [1.29, 1.82) is 0 Å². The van der Waals surface area contributed by atoms with E-state index in [2.05, 4.69) is 27.0 Å². The fraction of sp³-hybridized carbons (Fsp3) is 0.333. The van der Waals surface area contributed by atoms with Crippen LogP contribution in [0.4, 0.5) is 13.2 Å². The third-order valence-electron chi connectivity index (χ3n) is 3.79. The molecule has 5 nitrogen and oxygen atoms in total. The second-order valence-electron chi connectivity index (χ2n) is 5.71. The quantitative estimate of drug-likeness (QED) is 0.398. The standard InChI is InChI=1S/C18H21F3N4OS/c1-12-7-10-27-15(12)11-25-17(22-2)24-9-8-23-16(26)13-3-5-14(6-4-13)18(19,20)21/h3-7,10H,8-9,11H2,1-2H3,(H,23,26)(H2,22,24,25). The van der Waals surface area contributed by atoms with Crippen LogP contribution in [0.1, 0.15) is 26.4 Å². The summed E-state index contributed by atoms with van der Waals surface area (Å²) in [6, 6.07) is 6.16. The lowest BCUT2D eigenvalue weighted by Crippen LogP contribution is -2.41. The average molecular weight is 398 g/mol. The summed E-state index contributed by atoms with van der Waals surface area (Å²) in [6.07, 6.45) is -4.41. The minimum absolute atomic E-state index is 0.179. The number of aliphatic imine (C=N–C) groups is 1. The van der Waals surface area contributed by atoms with Crippen molar-refractivity contribution in [3.8, 4) is 0 Å². The van der Waals surface area contributed by atoms with Gasteiger partial charge >= 0.3 is 6.18 Å². The van der Waals surface area contributed by atoms with E-state index in [1.807, 2.05) is 12.3 Å². The molecule has 0 aliphatic heterocycles. The Morgan fingerprint density at radius 1 is 1.07 bits per heavy atom. The van der Waals surface area contributed by atoms with Gasteiger partial charge in [-0.2, -0.15) is 13.2 Å². The molecule has 0 aliphatic rings. The lowest BCUT2D eigenvalue weighted by molar-refractivity contribution is -0.137. The van der Waals surface area contributed by atoms with Crippen molar-refractivity contribution in [2.24, 2.45) is 4.99 Å². The molecule has 1 aromatic carbocycles. The second-order valence-corrected chi connectivity index (χ2v) is 6.71. The molecular formula is C18H21F3N4OS. The van der Waals surface area contributed by atoms with Gasteiger partial charge in [0.05, 0.1) is 12.1 Å². The number of alkyl halides is 3. The van der Waals surface area contributed by atoms with Crippen LogP contribution in [0.5, 0.6) is 0 Å². The lowest BCUT2D eigenvalue weighted by Gasteiger charge is -2.12. The van der Waals surface area contributed by atoms with E-state index in [0.717, 1.165) is 24.3 Å². The number of rotatable bonds is 6. The highest BCUT2D eigenvalue weighted by Gasteiger charge is 2.30. The van der Waals surface area contributed by atoms with Gasteiger partial charge in [-0.25, -0.2) is 0 Å². The lowest BCUT2D eigenvalue weighted by atomic mass is 10.1. The Hall–Kier alpha value is -2.55. The number of carbonyl (C=O) groups excluding carboxylic acids is 1. The minimum Gasteiger partial charge on any atom is -0.355 e. The number of halogens is 3. The van der Waals surface area contributed by atoms with Crippen molar-refractivity contribution < 1.29 is 18.0 Å². The Labute approximate surface area is 159 Å². The van der Waals surface area contributed by atoms with E-state index >= 15 is 0 Å². The number of benzene rings is 1. The van der Waals surface area contributed by atoms with Crippen molar-refractivity contribution in [3.05, 3.63) is 57.3 Å². The summed E-state index contributed by atoms with van der Waals surface area (Å²) < 4.78 is 37.6. The molecule has 1 heterocycles. The van der Waals surface area contributed by atoms with E-state index in [1.165, 1.54) is 10.4 Å². The zero-order chi connectivity index (χ0) is 19.9. The van der Waals surface area contributed by atoms with Gasteiger partial charge in [0.2, 0.25) is 0 Å². The highest BCUT2D eigenvalue weighted by atomic mass is 32.1. The number of thiophene rings is 1. The Morgan fingerprint density at radius 2 is 1.74 bits per heavy atom.